The molecule has 100 valence electrons. The van der Waals surface area contributed by atoms with Crippen LogP contribution in [0.4, 0.5) is 5.95 Å². The van der Waals surface area contributed by atoms with Gasteiger partial charge >= 0.3 is 0 Å². The van der Waals surface area contributed by atoms with Gasteiger partial charge in [-0.3, -0.25) is 0 Å². The van der Waals surface area contributed by atoms with Gasteiger partial charge in [0.2, 0.25) is 17.7 Å². The molecule has 1 aliphatic rings. The van der Waals surface area contributed by atoms with Crippen molar-refractivity contribution in [2.45, 2.75) is 37.8 Å². The van der Waals surface area contributed by atoms with Gasteiger partial charge in [0.1, 0.15) is 0 Å². The summed E-state index contributed by atoms with van der Waals surface area (Å²) in [5.74, 6) is 1.31. The molecule has 2 N–H and O–H groups in total. The number of rotatable bonds is 4. The molecule has 0 saturated heterocycles. The van der Waals surface area contributed by atoms with E-state index in [4.69, 9.17) is 9.47 Å². The molecule has 0 amide bonds. The zero-order valence-corrected chi connectivity index (χ0v) is 10.7. The first-order chi connectivity index (χ1) is 8.72. The molecule has 2 rings (SSSR count). The summed E-state index contributed by atoms with van der Waals surface area (Å²) in [4.78, 5) is 8.39. The fourth-order valence-electron chi connectivity index (χ4n) is 2.12. The van der Waals surface area contributed by atoms with E-state index in [-0.39, 0.29) is 12.1 Å². The third-order valence-corrected chi connectivity index (χ3v) is 3.14. The normalized spacial score (nSPS) is 23.5. The van der Waals surface area contributed by atoms with Crippen molar-refractivity contribution in [3.63, 3.8) is 0 Å². The third kappa shape index (κ3) is 3.01. The molecule has 6 heteroatoms. The van der Waals surface area contributed by atoms with Crippen molar-refractivity contribution in [1.82, 2.24) is 9.97 Å². The highest BCUT2D eigenvalue weighted by atomic mass is 16.5. The van der Waals surface area contributed by atoms with Crippen molar-refractivity contribution in [2.24, 2.45) is 0 Å². The van der Waals surface area contributed by atoms with Crippen LogP contribution in [0.2, 0.25) is 0 Å². The smallest absolute Gasteiger partial charge is 0.229 e. The first kappa shape index (κ1) is 12.9. The van der Waals surface area contributed by atoms with Gasteiger partial charge in [0.15, 0.2) is 0 Å². The molecule has 18 heavy (non-hydrogen) atoms. The van der Waals surface area contributed by atoms with Crippen LogP contribution in [-0.2, 0) is 0 Å². The van der Waals surface area contributed by atoms with Crippen LogP contribution in [0.25, 0.3) is 0 Å². The molecule has 1 aromatic heterocycles. The van der Waals surface area contributed by atoms with Gasteiger partial charge in [-0.05, 0) is 12.8 Å². The number of ether oxygens (including phenoxy) is 2. The van der Waals surface area contributed by atoms with E-state index >= 15 is 0 Å². The average Bonchev–Trinajstić information content (AvgIpc) is 2.41. The number of aromatic nitrogens is 2. The molecule has 0 radical (unpaired) electrons. The Hall–Kier alpha value is -1.56. The van der Waals surface area contributed by atoms with Crippen LogP contribution in [0.1, 0.15) is 25.7 Å². The molecule has 0 spiro atoms. The summed E-state index contributed by atoms with van der Waals surface area (Å²) >= 11 is 0. The highest BCUT2D eigenvalue weighted by molar-refractivity contribution is 5.34. The maximum Gasteiger partial charge on any atom is 0.229 e. The van der Waals surface area contributed by atoms with Crippen LogP contribution in [0.5, 0.6) is 11.8 Å². The lowest BCUT2D eigenvalue weighted by atomic mass is 9.93. The van der Waals surface area contributed by atoms with Gasteiger partial charge in [0, 0.05) is 0 Å². The van der Waals surface area contributed by atoms with Gasteiger partial charge in [-0.2, -0.15) is 9.97 Å². The van der Waals surface area contributed by atoms with E-state index in [1.807, 2.05) is 0 Å². The van der Waals surface area contributed by atoms with Crippen LogP contribution in [-0.4, -0.2) is 41.4 Å². The zero-order chi connectivity index (χ0) is 13.0. The summed E-state index contributed by atoms with van der Waals surface area (Å²) < 4.78 is 10.2. The van der Waals surface area contributed by atoms with Crippen molar-refractivity contribution in [2.75, 3.05) is 19.5 Å². The first-order valence-electron chi connectivity index (χ1n) is 6.14. The third-order valence-electron chi connectivity index (χ3n) is 3.14. The minimum absolute atomic E-state index is 0.00411. The molecule has 6 nitrogen and oxygen atoms in total. The Balaban J connectivity index is 2.12. The number of hydrogen-bond donors (Lipinski definition) is 2. The number of hydrogen-bond acceptors (Lipinski definition) is 6. The second-order valence-electron chi connectivity index (χ2n) is 4.38. The Kier molecular flexibility index (Phi) is 4.19. The lowest BCUT2D eigenvalue weighted by Crippen LogP contribution is -2.36. The van der Waals surface area contributed by atoms with Crippen molar-refractivity contribution >= 4 is 5.95 Å². The van der Waals surface area contributed by atoms with E-state index in [0.29, 0.717) is 17.7 Å². The number of nitrogens with zero attached hydrogens (tertiary/aromatic N) is 2. The number of methoxy groups -OCH3 is 2. The van der Waals surface area contributed by atoms with Gasteiger partial charge in [-0.15, -0.1) is 0 Å². The number of aliphatic hydroxyl groups is 1. The summed E-state index contributed by atoms with van der Waals surface area (Å²) in [6.45, 7) is 0. The van der Waals surface area contributed by atoms with Crippen molar-refractivity contribution in [3.05, 3.63) is 6.07 Å². The lowest BCUT2D eigenvalue weighted by molar-refractivity contribution is 0.116. The van der Waals surface area contributed by atoms with E-state index in [9.17, 15) is 5.11 Å². The number of aliphatic hydroxyl groups excluding tert-OH is 1. The molecule has 0 aromatic carbocycles. The Morgan fingerprint density at radius 2 is 1.78 bits per heavy atom. The van der Waals surface area contributed by atoms with E-state index in [2.05, 4.69) is 15.3 Å². The SMILES string of the molecule is COc1cc(OC)nc(NC2CCCCC2O)n1. The minimum Gasteiger partial charge on any atom is -0.481 e. The van der Waals surface area contributed by atoms with Crippen LogP contribution < -0.4 is 14.8 Å². The minimum atomic E-state index is -0.348. The summed E-state index contributed by atoms with van der Waals surface area (Å²) in [7, 11) is 3.09. The van der Waals surface area contributed by atoms with E-state index in [1.165, 1.54) is 0 Å². The second kappa shape index (κ2) is 5.86. The molecular formula is C12H19N3O3. The molecular weight excluding hydrogens is 234 g/mol. The predicted molar refractivity (Wildman–Crippen MR) is 67.0 cm³/mol. The molecule has 1 aliphatic carbocycles. The summed E-state index contributed by atoms with van der Waals surface area (Å²) in [6, 6.07) is 1.61. The first-order valence-corrected chi connectivity index (χ1v) is 6.14. The largest absolute Gasteiger partial charge is 0.481 e. The van der Waals surface area contributed by atoms with Crippen LogP contribution in [0, 0.1) is 0 Å². The maximum atomic E-state index is 9.90. The summed E-state index contributed by atoms with van der Waals surface area (Å²) in [6.07, 6.45) is 3.57. The summed E-state index contributed by atoms with van der Waals surface area (Å²) in [5.41, 5.74) is 0. The van der Waals surface area contributed by atoms with E-state index < -0.39 is 0 Å². The monoisotopic (exact) mass is 253 g/mol. The van der Waals surface area contributed by atoms with Gasteiger partial charge in [-0.25, -0.2) is 0 Å². The van der Waals surface area contributed by atoms with Gasteiger partial charge in [0.25, 0.3) is 0 Å². The highest BCUT2D eigenvalue weighted by Crippen LogP contribution is 2.23. The van der Waals surface area contributed by atoms with Crippen LogP contribution in [0.3, 0.4) is 0 Å². The Morgan fingerprint density at radius 1 is 1.17 bits per heavy atom. The molecule has 2 unspecified atom stereocenters. The van der Waals surface area contributed by atoms with Gasteiger partial charge in [0.05, 0.1) is 32.4 Å². The molecule has 1 saturated carbocycles. The van der Waals surface area contributed by atoms with Crippen molar-refractivity contribution in [3.8, 4) is 11.8 Å². The van der Waals surface area contributed by atoms with E-state index in [1.54, 1.807) is 20.3 Å². The second-order valence-corrected chi connectivity index (χ2v) is 4.38. The molecule has 0 aliphatic heterocycles. The topological polar surface area (TPSA) is 76.5 Å². The lowest BCUT2D eigenvalue weighted by Gasteiger charge is -2.28. The fourth-order valence-corrected chi connectivity index (χ4v) is 2.12. The molecule has 1 fully saturated rings. The number of anilines is 1. The molecule has 2 atom stereocenters. The Morgan fingerprint density at radius 3 is 2.33 bits per heavy atom. The molecule has 1 aromatic rings. The van der Waals surface area contributed by atoms with Crippen LogP contribution >= 0.6 is 0 Å². The van der Waals surface area contributed by atoms with Gasteiger partial charge < -0.3 is 19.9 Å². The predicted octanol–water partition coefficient (Wildman–Crippen LogP) is 1.21. The quantitative estimate of drug-likeness (QED) is 0.840. The Labute approximate surface area is 106 Å². The van der Waals surface area contributed by atoms with Crippen molar-refractivity contribution in [1.29, 1.82) is 0 Å². The number of nitrogens with one attached hydrogen (secondary N) is 1. The fraction of sp³-hybridized carbons (Fsp3) is 0.667. The van der Waals surface area contributed by atoms with E-state index in [0.717, 1.165) is 25.7 Å². The zero-order valence-electron chi connectivity index (χ0n) is 10.7. The molecule has 1 heterocycles. The maximum absolute atomic E-state index is 9.90. The average molecular weight is 253 g/mol. The Bertz CT molecular complexity index is 378. The standard InChI is InChI=1S/C12H19N3O3/c1-17-10-7-11(18-2)15-12(14-10)13-8-5-3-4-6-9(8)16/h7-9,16H,3-6H2,1-2H3,(H,13,14,15). The van der Waals surface area contributed by atoms with Gasteiger partial charge in [-0.1, -0.05) is 12.8 Å². The van der Waals surface area contributed by atoms with Crippen LogP contribution in [0.15, 0.2) is 6.07 Å². The molecule has 0 bridgehead atoms. The summed E-state index contributed by atoms with van der Waals surface area (Å²) in [5, 5.41) is 13.1. The highest BCUT2D eigenvalue weighted by Gasteiger charge is 2.23. The van der Waals surface area contributed by atoms with Crippen molar-refractivity contribution < 1.29 is 14.6 Å².